The summed E-state index contributed by atoms with van der Waals surface area (Å²) in [4.78, 5) is 32.6. The number of nitrogen functional groups attached to an aromatic ring is 1. The number of ether oxygens (including phenoxy) is 1. The van der Waals surface area contributed by atoms with Crippen LogP contribution < -0.4 is 21.5 Å². The molecule has 4 rings (SSSR count). The van der Waals surface area contributed by atoms with Gasteiger partial charge in [-0.15, -0.1) is 9.78 Å². The molecular weight excluding hydrogens is 495 g/mol. The van der Waals surface area contributed by atoms with Gasteiger partial charge in [-0.1, -0.05) is 6.07 Å². The molecule has 0 saturated heterocycles. The number of carboxylic acid groups (broad SMARTS) is 1. The highest BCUT2D eigenvalue weighted by atomic mass is 19.1. The Morgan fingerprint density at radius 3 is 2.50 bits per heavy atom. The molecule has 4 aromatic rings. The number of rotatable bonds is 9. The number of anilines is 1. The molecule has 1 atom stereocenters. The summed E-state index contributed by atoms with van der Waals surface area (Å²) in [6.45, 7) is 2.30. The monoisotopic (exact) mass is 522 g/mol. The molecule has 198 valence electrons. The minimum Gasteiger partial charge on any atom is -0.491 e. The van der Waals surface area contributed by atoms with E-state index in [0.717, 1.165) is 22.7 Å². The van der Waals surface area contributed by atoms with Gasteiger partial charge in [0, 0.05) is 30.6 Å². The van der Waals surface area contributed by atoms with Gasteiger partial charge in [-0.2, -0.15) is 0 Å². The third-order valence-electron chi connectivity index (χ3n) is 4.91. The van der Waals surface area contributed by atoms with Crippen LogP contribution in [0.25, 0.3) is 5.95 Å². The Kier molecular flexibility index (Phi) is 9.24. The number of aliphatic carboxylic acids is 1. The first-order valence-corrected chi connectivity index (χ1v) is 11.4. The summed E-state index contributed by atoms with van der Waals surface area (Å²) in [6.07, 6.45) is 3.04. The zero-order valence-corrected chi connectivity index (χ0v) is 20.7. The first kappa shape index (κ1) is 27.5. The van der Waals surface area contributed by atoms with Crippen molar-refractivity contribution in [1.29, 1.82) is 5.41 Å². The van der Waals surface area contributed by atoms with Crippen molar-refractivity contribution < 1.29 is 19.0 Å². The van der Waals surface area contributed by atoms with E-state index in [1.54, 1.807) is 42.5 Å². The number of carbonyl (C=O) groups is 1. The van der Waals surface area contributed by atoms with E-state index >= 15 is 0 Å². The number of halogens is 1. The number of hydrogen-bond donors (Lipinski definition) is 5. The Morgan fingerprint density at radius 1 is 1.24 bits per heavy atom. The Hall–Kier alpha value is -5.07. The molecule has 2 heterocycles. The van der Waals surface area contributed by atoms with E-state index in [4.69, 9.17) is 25.8 Å². The average Bonchev–Trinajstić information content (AvgIpc) is 3.27. The van der Waals surface area contributed by atoms with Gasteiger partial charge in [-0.05, 0) is 60.5 Å². The number of aromatic nitrogens is 5. The van der Waals surface area contributed by atoms with Crippen molar-refractivity contribution in [3.63, 3.8) is 0 Å². The molecule has 0 saturated carbocycles. The maximum Gasteiger partial charge on any atom is 0.350 e. The normalized spacial score (nSPS) is 11.1. The van der Waals surface area contributed by atoms with Crippen LogP contribution in [0.4, 0.5) is 10.1 Å². The summed E-state index contributed by atoms with van der Waals surface area (Å²) in [5.74, 6) is 0.0767. The lowest BCUT2D eigenvalue weighted by Gasteiger charge is -2.20. The summed E-state index contributed by atoms with van der Waals surface area (Å²) in [7, 11) is 0. The van der Waals surface area contributed by atoms with E-state index < -0.39 is 24.4 Å². The summed E-state index contributed by atoms with van der Waals surface area (Å²) < 4.78 is 19.2. The van der Waals surface area contributed by atoms with Crippen molar-refractivity contribution in [2.75, 3.05) is 18.6 Å². The van der Waals surface area contributed by atoms with Crippen LogP contribution in [0.5, 0.6) is 5.75 Å². The van der Waals surface area contributed by atoms with Gasteiger partial charge in [-0.25, -0.2) is 19.2 Å². The van der Waals surface area contributed by atoms with Crippen LogP contribution in [0.1, 0.15) is 35.5 Å². The minimum atomic E-state index is -0.833. The van der Waals surface area contributed by atoms with E-state index in [2.05, 4.69) is 25.4 Å². The molecule has 38 heavy (non-hydrogen) atoms. The summed E-state index contributed by atoms with van der Waals surface area (Å²) >= 11 is 0. The molecule has 1 unspecified atom stereocenters. The third-order valence-corrected chi connectivity index (χ3v) is 4.91. The van der Waals surface area contributed by atoms with Crippen LogP contribution in [0, 0.1) is 12.3 Å². The minimum absolute atomic E-state index is 0.0395. The van der Waals surface area contributed by atoms with E-state index in [-0.39, 0.29) is 18.4 Å². The molecule has 0 aliphatic heterocycles. The number of alkyl halides is 1. The fourth-order valence-corrected chi connectivity index (χ4v) is 3.41. The van der Waals surface area contributed by atoms with Crippen molar-refractivity contribution in [1.82, 2.24) is 24.7 Å². The smallest absolute Gasteiger partial charge is 0.350 e. The number of amidine groups is 1. The molecule has 6 N–H and O–H groups in total. The largest absolute Gasteiger partial charge is 0.491 e. The van der Waals surface area contributed by atoms with Crippen molar-refractivity contribution in [2.45, 2.75) is 19.9 Å². The van der Waals surface area contributed by atoms with Gasteiger partial charge in [0.1, 0.15) is 30.9 Å². The van der Waals surface area contributed by atoms with E-state index in [1.807, 2.05) is 13.0 Å². The second-order valence-electron chi connectivity index (χ2n) is 7.98. The second kappa shape index (κ2) is 12.8. The van der Waals surface area contributed by atoms with Crippen LogP contribution in [-0.2, 0) is 4.79 Å². The number of nitrogens with zero attached hydrogens (tertiary/aromatic N) is 4. The lowest BCUT2D eigenvalue weighted by atomic mass is 10.0. The zero-order chi connectivity index (χ0) is 27.7. The van der Waals surface area contributed by atoms with Crippen molar-refractivity contribution in [3.8, 4) is 11.7 Å². The molecule has 13 heteroatoms. The molecule has 2 aromatic heterocycles. The van der Waals surface area contributed by atoms with Crippen molar-refractivity contribution in [2.24, 2.45) is 5.73 Å². The van der Waals surface area contributed by atoms with Crippen LogP contribution in [0.2, 0.25) is 0 Å². The summed E-state index contributed by atoms with van der Waals surface area (Å²) in [5.41, 5.74) is 7.96. The summed E-state index contributed by atoms with van der Waals surface area (Å²) in [5, 5.41) is 22.8. The van der Waals surface area contributed by atoms with Crippen molar-refractivity contribution in [3.05, 3.63) is 93.9 Å². The Bertz CT molecular complexity index is 1430. The number of carboxylic acids is 1. The maximum atomic E-state index is 12.7. The molecular formula is C25H27FN8O4. The molecule has 0 radical (unpaired) electrons. The highest BCUT2D eigenvalue weighted by Gasteiger charge is 2.22. The number of nitrogens with two attached hydrogens (primary N) is 1. The van der Waals surface area contributed by atoms with Crippen molar-refractivity contribution >= 4 is 17.5 Å². The SMILES string of the molecule is CC(=O)O.Cc1cc(OCCF)cc(C(Nc2ccc(C(=N)N)cc2)c2nn(-c3ncccn3)c(=O)[nH]2)c1. The first-order valence-electron chi connectivity index (χ1n) is 11.4. The molecule has 0 fully saturated rings. The predicted octanol–water partition coefficient (Wildman–Crippen LogP) is 2.58. The van der Waals surface area contributed by atoms with Gasteiger partial charge >= 0.3 is 5.69 Å². The molecule has 0 spiro atoms. The van der Waals surface area contributed by atoms with Crippen LogP contribution in [0.3, 0.4) is 0 Å². The third kappa shape index (κ3) is 7.46. The Labute approximate surface area is 216 Å². The fraction of sp³-hybridized carbons (Fsp3) is 0.200. The number of aromatic amines is 1. The maximum absolute atomic E-state index is 12.7. The molecule has 12 nitrogen and oxygen atoms in total. The number of benzene rings is 2. The standard InChI is InChI=1S/C23H23FN8O2.C2H4O2/c1-14-11-16(13-18(12-14)34-10-7-24)19(29-17-5-3-15(4-6-17)20(25)26)21-30-23(33)32(31-21)22-27-8-2-9-28-22;1-2(3)4/h2-6,8-9,11-13,19,29H,7,10H2,1H3,(H3,25,26)(H,30,31,33);1H3,(H,3,4). The molecule has 0 aliphatic carbocycles. The quantitative estimate of drug-likeness (QED) is 0.163. The lowest BCUT2D eigenvalue weighted by Crippen LogP contribution is -2.18. The highest BCUT2D eigenvalue weighted by molar-refractivity contribution is 5.95. The fourth-order valence-electron chi connectivity index (χ4n) is 3.41. The van der Waals surface area contributed by atoms with Crippen LogP contribution in [-0.4, -0.2) is 54.9 Å². The first-order chi connectivity index (χ1) is 18.2. The van der Waals surface area contributed by atoms with Gasteiger partial charge in [-0.3, -0.25) is 15.2 Å². The van der Waals surface area contributed by atoms with Crippen LogP contribution >= 0.6 is 0 Å². The van der Waals surface area contributed by atoms with Crippen LogP contribution in [0.15, 0.2) is 65.7 Å². The number of aryl methyl sites for hydroxylation is 1. The molecule has 2 aromatic carbocycles. The molecule has 0 aliphatic rings. The van der Waals surface area contributed by atoms with Gasteiger partial charge in [0.2, 0.25) is 0 Å². The lowest BCUT2D eigenvalue weighted by molar-refractivity contribution is -0.134. The summed E-state index contributed by atoms with van der Waals surface area (Å²) in [6, 6.07) is 13.5. The molecule has 0 bridgehead atoms. The number of H-pyrrole nitrogens is 1. The van der Waals surface area contributed by atoms with Gasteiger partial charge in [0.15, 0.2) is 5.82 Å². The molecule has 0 amide bonds. The zero-order valence-electron chi connectivity index (χ0n) is 20.7. The predicted molar refractivity (Wildman–Crippen MR) is 139 cm³/mol. The van der Waals surface area contributed by atoms with E-state index in [0.29, 0.717) is 22.8 Å². The number of hydrogen-bond acceptors (Lipinski definition) is 8. The van der Waals surface area contributed by atoms with Gasteiger partial charge in [0.25, 0.3) is 11.9 Å². The van der Waals surface area contributed by atoms with Gasteiger partial charge in [0.05, 0.1) is 0 Å². The highest BCUT2D eigenvalue weighted by Crippen LogP contribution is 2.28. The Morgan fingerprint density at radius 2 is 1.89 bits per heavy atom. The number of nitrogens with one attached hydrogen (secondary N) is 3. The van der Waals surface area contributed by atoms with E-state index in [1.165, 1.54) is 12.4 Å². The second-order valence-corrected chi connectivity index (χ2v) is 7.98. The Balaban J connectivity index is 0.000000934. The van der Waals surface area contributed by atoms with Gasteiger partial charge < -0.3 is 20.9 Å². The van der Waals surface area contributed by atoms with E-state index in [9.17, 15) is 9.18 Å². The topological polar surface area (TPSA) is 185 Å². The average molecular weight is 523 g/mol.